The van der Waals surface area contributed by atoms with Gasteiger partial charge in [0.25, 0.3) is 0 Å². The van der Waals surface area contributed by atoms with E-state index in [4.69, 9.17) is 23.2 Å². The van der Waals surface area contributed by atoms with Crippen molar-refractivity contribution in [2.75, 3.05) is 10.6 Å². The lowest BCUT2D eigenvalue weighted by atomic mass is 10.2. The van der Waals surface area contributed by atoms with Gasteiger partial charge in [0.15, 0.2) is 5.82 Å². The molecule has 0 unspecified atom stereocenters. The van der Waals surface area contributed by atoms with Crippen LogP contribution in [0, 0.1) is 24.0 Å². The Hall–Kier alpha value is -2.02. The zero-order chi connectivity index (χ0) is 19.3. The molecule has 5 nitrogen and oxygen atoms in total. The lowest BCUT2D eigenvalue weighted by Gasteiger charge is -2.15. The molecule has 0 bridgehead atoms. The van der Waals surface area contributed by atoms with Gasteiger partial charge >= 0.3 is 5.70 Å². The molecule has 0 radical (unpaired) electrons. The highest BCUT2D eigenvalue weighted by Crippen LogP contribution is 2.30. The first kappa shape index (κ1) is 20.3. The topological polar surface area (TPSA) is 67.2 Å². The first-order valence-electron chi connectivity index (χ1n) is 7.55. The van der Waals surface area contributed by atoms with Crippen molar-refractivity contribution in [2.24, 2.45) is 0 Å². The van der Waals surface area contributed by atoms with Crippen molar-refractivity contribution >= 4 is 50.5 Å². The molecule has 2 N–H and O–H groups in total. The minimum Gasteiger partial charge on any atom is -0.336 e. The monoisotopic (exact) mass is 455 g/mol. The largest absolute Gasteiger partial charge is 0.336 e. The predicted octanol–water partition coefficient (Wildman–Crippen LogP) is 6.31. The number of allylic oxidation sites excluding steroid dienone is 1. The van der Waals surface area contributed by atoms with Gasteiger partial charge in [-0.15, -0.1) is 0 Å². The Balaban J connectivity index is 2.57. The molecule has 0 aliphatic carbocycles. The number of nitrogens with zero attached hydrogens (tertiary/aromatic N) is 1. The molecule has 0 spiro atoms. The molecule has 0 aliphatic rings. The Morgan fingerprint density at radius 3 is 1.81 bits per heavy atom. The van der Waals surface area contributed by atoms with Crippen molar-refractivity contribution in [3.63, 3.8) is 0 Å². The molecule has 8 heteroatoms. The highest BCUT2D eigenvalue weighted by molar-refractivity contribution is 9.12. The van der Waals surface area contributed by atoms with Crippen LogP contribution in [0.4, 0.5) is 11.4 Å². The Labute approximate surface area is 170 Å². The fourth-order valence-corrected chi connectivity index (χ4v) is 2.70. The van der Waals surface area contributed by atoms with E-state index in [2.05, 4.69) is 26.6 Å². The summed E-state index contributed by atoms with van der Waals surface area (Å²) in [5, 5.41) is 17.5. The SMILES string of the molecule is Cc1cccc(NC(Nc2cccc(C)c2)=C(/C(Cl)=C(/Cl)Br)[N+](=O)[O-])c1. The highest BCUT2D eigenvalue weighted by Gasteiger charge is 2.26. The summed E-state index contributed by atoms with van der Waals surface area (Å²) in [5.74, 6) is 0.105. The Bertz CT molecular complexity index is 844. The van der Waals surface area contributed by atoms with Crippen LogP contribution in [-0.2, 0) is 0 Å². The second kappa shape index (κ2) is 9.07. The van der Waals surface area contributed by atoms with Crippen LogP contribution < -0.4 is 10.6 Å². The molecule has 26 heavy (non-hydrogen) atoms. The van der Waals surface area contributed by atoms with Gasteiger partial charge in [-0.3, -0.25) is 10.1 Å². The van der Waals surface area contributed by atoms with Crippen LogP contribution in [0.1, 0.15) is 11.1 Å². The van der Waals surface area contributed by atoms with Crippen molar-refractivity contribution in [3.05, 3.63) is 90.3 Å². The van der Waals surface area contributed by atoms with Gasteiger partial charge in [0.2, 0.25) is 0 Å². The number of rotatable bonds is 6. The molecule has 0 saturated carbocycles. The van der Waals surface area contributed by atoms with Gasteiger partial charge in [0.05, 0.1) is 4.92 Å². The molecule has 0 aromatic heterocycles. The lowest BCUT2D eigenvalue weighted by Crippen LogP contribution is -2.17. The van der Waals surface area contributed by atoms with E-state index in [1.807, 2.05) is 50.2 Å². The number of halogens is 3. The molecule has 0 aliphatic heterocycles. The molecule has 136 valence electrons. The van der Waals surface area contributed by atoms with Gasteiger partial charge in [-0.05, 0) is 65.2 Å². The molecular weight excluding hydrogens is 441 g/mol. The third-order valence-electron chi connectivity index (χ3n) is 3.37. The summed E-state index contributed by atoms with van der Waals surface area (Å²) < 4.78 is -0.0551. The van der Waals surface area contributed by atoms with E-state index in [1.165, 1.54) is 0 Å². The molecule has 0 heterocycles. The number of anilines is 2. The molecule has 0 saturated heterocycles. The molecule has 2 aromatic rings. The summed E-state index contributed by atoms with van der Waals surface area (Å²) in [6, 6.07) is 14.9. The van der Waals surface area contributed by atoms with Crippen LogP contribution in [0.25, 0.3) is 0 Å². The van der Waals surface area contributed by atoms with Crippen LogP contribution >= 0.6 is 39.1 Å². The fraction of sp³-hybridized carbons (Fsp3) is 0.111. The third kappa shape index (κ3) is 5.49. The quantitative estimate of drug-likeness (QED) is 0.303. The summed E-state index contributed by atoms with van der Waals surface area (Å²) in [6.45, 7) is 3.86. The number of hydrogen-bond donors (Lipinski definition) is 2. The zero-order valence-electron chi connectivity index (χ0n) is 14.0. The van der Waals surface area contributed by atoms with E-state index in [9.17, 15) is 10.1 Å². The smallest absolute Gasteiger partial charge is 0.330 e. The first-order valence-corrected chi connectivity index (χ1v) is 9.10. The zero-order valence-corrected chi connectivity index (χ0v) is 17.1. The fourth-order valence-electron chi connectivity index (χ4n) is 2.25. The number of hydrogen-bond acceptors (Lipinski definition) is 4. The standard InChI is InChI=1S/C18H16BrCl2N3O2/c1-11-5-3-7-13(9-11)22-18(16(24(25)26)15(20)17(19)21)23-14-8-4-6-12(2)10-14/h3-10,22-23H,1-2H3/b17-15-. The number of aryl methyl sites for hydroxylation is 2. The molecular formula is C18H16BrCl2N3O2. The van der Waals surface area contributed by atoms with Crippen LogP contribution in [-0.4, -0.2) is 4.92 Å². The van der Waals surface area contributed by atoms with E-state index in [-0.39, 0.29) is 20.5 Å². The van der Waals surface area contributed by atoms with Gasteiger partial charge < -0.3 is 10.6 Å². The van der Waals surface area contributed by atoms with Crippen LogP contribution in [0.15, 0.2) is 69.0 Å². The van der Waals surface area contributed by atoms with Crippen LogP contribution in [0.2, 0.25) is 0 Å². The maximum atomic E-state index is 11.7. The summed E-state index contributed by atoms with van der Waals surface area (Å²) >= 11 is 14.9. The van der Waals surface area contributed by atoms with E-state index in [1.54, 1.807) is 12.1 Å². The lowest BCUT2D eigenvalue weighted by molar-refractivity contribution is -0.420. The Morgan fingerprint density at radius 1 is 1.00 bits per heavy atom. The highest BCUT2D eigenvalue weighted by atomic mass is 79.9. The molecule has 2 aromatic carbocycles. The average molecular weight is 457 g/mol. The van der Waals surface area contributed by atoms with Crippen LogP contribution in [0.5, 0.6) is 0 Å². The van der Waals surface area contributed by atoms with E-state index in [0.717, 1.165) is 11.1 Å². The second-order valence-electron chi connectivity index (χ2n) is 5.54. The Kier molecular flexibility index (Phi) is 7.08. The van der Waals surface area contributed by atoms with Crippen molar-refractivity contribution in [1.82, 2.24) is 0 Å². The van der Waals surface area contributed by atoms with Crippen molar-refractivity contribution in [3.8, 4) is 0 Å². The minimum absolute atomic E-state index is 0.0551. The average Bonchev–Trinajstić information content (AvgIpc) is 2.54. The molecule has 0 amide bonds. The summed E-state index contributed by atoms with van der Waals surface area (Å²) in [4.78, 5) is 11.1. The first-order chi connectivity index (χ1) is 12.3. The predicted molar refractivity (Wildman–Crippen MR) is 111 cm³/mol. The minimum atomic E-state index is -0.590. The van der Waals surface area contributed by atoms with Gasteiger partial charge in [0.1, 0.15) is 8.97 Å². The number of nitro groups is 1. The van der Waals surface area contributed by atoms with Gasteiger partial charge in [-0.25, -0.2) is 0 Å². The summed E-state index contributed by atoms with van der Waals surface area (Å²) in [5.41, 5.74) is 2.99. The van der Waals surface area contributed by atoms with Crippen molar-refractivity contribution in [1.29, 1.82) is 0 Å². The van der Waals surface area contributed by atoms with Gasteiger partial charge in [0, 0.05) is 11.4 Å². The summed E-state index contributed by atoms with van der Waals surface area (Å²) in [7, 11) is 0. The molecule has 2 rings (SSSR count). The van der Waals surface area contributed by atoms with E-state index < -0.39 is 4.92 Å². The third-order valence-corrected chi connectivity index (χ3v) is 4.65. The van der Waals surface area contributed by atoms with Gasteiger partial charge in [-0.1, -0.05) is 47.5 Å². The van der Waals surface area contributed by atoms with Crippen molar-refractivity contribution in [2.45, 2.75) is 13.8 Å². The van der Waals surface area contributed by atoms with E-state index in [0.29, 0.717) is 11.4 Å². The van der Waals surface area contributed by atoms with E-state index >= 15 is 0 Å². The molecule has 0 fully saturated rings. The van der Waals surface area contributed by atoms with Crippen molar-refractivity contribution < 1.29 is 4.92 Å². The van der Waals surface area contributed by atoms with Gasteiger partial charge in [-0.2, -0.15) is 0 Å². The maximum absolute atomic E-state index is 11.7. The normalized spacial score (nSPS) is 11.4. The summed E-state index contributed by atoms with van der Waals surface area (Å²) in [6.07, 6.45) is 0. The number of nitrogens with one attached hydrogen (secondary N) is 2. The maximum Gasteiger partial charge on any atom is 0.330 e. The molecule has 0 atom stereocenters. The number of benzene rings is 2. The second-order valence-corrected chi connectivity index (χ2v) is 7.55. The Morgan fingerprint density at radius 2 is 1.46 bits per heavy atom. The van der Waals surface area contributed by atoms with Crippen LogP contribution in [0.3, 0.4) is 0 Å².